The number of aromatic nitrogens is 2. The lowest BCUT2D eigenvalue weighted by molar-refractivity contribution is -0.141. The Labute approximate surface area is 183 Å². The van der Waals surface area contributed by atoms with Gasteiger partial charge < -0.3 is 14.8 Å². The standard InChI is InChI=1S/C20H24ClF3N4O3/c1-27-16(12-18(26-27)20(22,23)24)19(29)25-13-14-3-4-17(15(21)11-14)31-8-2-5-28-6-9-30-10-7-28/h3-4,11-12H,2,5-10,13H2,1H3,(H,25,29). The predicted molar refractivity (Wildman–Crippen MR) is 108 cm³/mol. The van der Waals surface area contributed by atoms with Gasteiger partial charge in [0.2, 0.25) is 0 Å². The number of nitrogens with zero attached hydrogens (tertiary/aromatic N) is 3. The number of aryl methyl sites for hydroxylation is 1. The number of carbonyl (C=O) groups is 1. The molecule has 0 bridgehead atoms. The van der Waals surface area contributed by atoms with E-state index in [0.717, 1.165) is 50.0 Å². The molecule has 31 heavy (non-hydrogen) atoms. The van der Waals surface area contributed by atoms with E-state index in [1.807, 2.05) is 0 Å². The quantitative estimate of drug-likeness (QED) is 0.613. The minimum absolute atomic E-state index is 0.0996. The molecule has 0 unspecified atom stereocenters. The SMILES string of the molecule is Cn1nc(C(F)(F)F)cc1C(=O)NCc1ccc(OCCCN2CCOCC2)c(Cl)c1. The van der Waals surface area contributed by atoms with Gasteiger partial charge in [-0.2, -0.15) is 18.3 Å². The Bertz CT molecular complexity index is 898. The molecule has 1 N–H and O–H groups in total. The van der Waals surface area contributed by atoms with Crippen molar-refractivity contribution >= 4 is 17.5 Å². The first-order chi connectivity index (χ1) is 14.7. The summed E-state index contributed by atoms with van der Waals surface area (Å²) in [6, 6.07) is 5.83. The van der Waals surface area contributed by atoms with E-state index in [1.165, 1.54) is 7.05 Å². The normalized spacial score (nSPS) is 15.1. The van der Waals surface area contributed by atoms with Crippen LogP contribution in [0.3, 0.4) is 0 Å². The summed E-state index contributed by atoms with van der Waals surface area (Å²) in [5, 5.41) is 6.31. The molecule has 0 radical (unpaired) electrons. The molecule has 3 rings (SSSR count). The van der Waals surface area contributed by atoms with Crippen molar-refractivity contribution in [1.82, 2.24) is 20.0 Å². The summed E-state index contributed by atoms with van der Waals surface area (Å²) in [6.07, 6.45) is -3.75. The van der Waals surface area contributed by atoms with Gasteiger partial charge >= 0.3 is 6.18 Å². The summed E-state index contributed by atoms with van der Waals surface area (Å²) in [5.41, 5.74) is -0.603. The van der Waals surface area contributed by atoms with Gasteiger partial charge in [0.1, 0.15) is 11.4 Å². The van der Waals surface area contributed by atoms with Crippen LogP contribution in [-0.4, -0.2) is 60.0 Å². The second kappa shape index (κ2) is 10.3. The van der Waals surface area contributed by atoms with Gasteiger partial charge in [0.25, 0.3) is 5.91 Å². The van der Waals surface area contributed by atoms with E-state index >= 15 is 0 Å². The minimum atomic E-state index is -4.61. The van der Waals surface area contributed by atoms with Crippen LogP contribution in [0.5, 0.6) is 5.75 Å². The molecular weight excluding hydrogens is 437 g/mol. The van der Waals surface area contributed by atoms with Crippen molar-refractivity contribution in [2.75, 3.05) is 39.5 Å². The van der Waals surface area contributed by atoms with Gasteiger partial charge in [-0.15, -0.1) is 0 Å². The molecule has 1 fully saturated rings. The van der Waals surface area contributed by atoms with Crippen LogP contribution in [-0.2, 0) is 24.5 Å². The summed E-state index contributed by atoms with van der Waals surface area (Å²) >= 11 is 6.26. The van der Waals surface area contributed by atoms with Crippen LogP contribution >= 0.6 is 11.6 Å². The molecular formula is C20H24ClF3N4O3. The minimum Gasteiger partial charge on any atom is -0.492 e. The lowest BCUT2D eigenvalue weighted by atomic mass is 10.2. The number of benzene rings is 1. The molecule has 0 saturated carbocycles. The zero-order valence-corrected chi connectivity index (χ0v) is 17.8. The maximum absolute atomic E-state index is 12.7. The fourth-order valence-electron chi connectivity index (χ4n) is 3.16. The average molecular weight is 461 g/mol. The molecule has 0 atom stereocenters. The van der Waals surface area contributed by atoms with Gasteiger partial charge in [-0.1, -0.05) is 17.7 Å². The van der Waals surface area contributed by atoms with Crippen molar-refractivity contribution in [3.8, 4) is 5.75 Å². The third-order valence-electron chi connectivity index (χ3n) is 4.83. The first-order valence-electron chi connectivity index (χ1n) is 9.85. The molecule has 1 aliphatic heterocycles. The van der Waals surface area contributed by atoms with Crippen molar-refractivity contribution in [3.05, 3.63) is 46.2 Å². The van der Waals surface area contributed by atoms with E-state index in [-0.39, 0.29) is 12.2 Å². The van der Waals surface area contributed by atoms with E-state index < -0.39 is 17.8 Å². The first kappa shape index (κ1) is 23.4. The van der Waals surface area contributed by atoms with Crippen LogP contribution in [0.2, 0.25) is 5.02 Å². The molecule has 1 aliphatic rings. The number of halogens is 4. The van der Waals surface area contributed by atoms with Crippen LogP contribution in [0.15, 0.2) is 24.3 Å². The van der Waals surface area contributed by atoms with Crippen molar-refractivity contribution < 1.29 is 27.4 Å². The Morgan fingerprint density at radius 1 is 1.29 bits per heavy atom. The zero-order chi connectivity index (χ0) is 22.4. The molecule has 2 aromatic rings. The lowest BCUT2D eigenvalue weighted by Crippen LogP contribution is -2.37. The third kappa shape index (κ3) is 6.59. The Kier molecular flexibility index (Phi) is 7.79. The molecule has 170 valence electrons. The Balaban J connectivity index is 1.47. The molecule has 7 nitrogen and oxygen atoms in total. The summed E-state index contributed by atoms with van der Waals surface area (Å²) in [5.74, 6) is -0.120. The number of nitrogens with one attached hydrogen (secondary N) is 1. The first-order valence-corrected chi connectivity index (χ1v) is 10.2. The second-order valence-electron chi connectivity index (χ2n) is 7.14. The zero-order valence-electron chi connectivity index (χ0n) is 17.0. The summed E-state index contributed by atoms with van der Waals surface area (Å²) in [6.45, 7) is 4.92. The third-order valence-corrected chi connectivity index (χ3v) is 5.13. The highest BCUT2D eigenvalue weighted by molar-refractivity contribution is 6.32. The van der Waals surface area contributed by atoms with Crippen molar-refractivity contribution in [2.24, 2.45) is 7.05 Å². The largest absolute Gasteiger partial charge is 0.492 e. The number of morpholine rings is 1. The number of alkyl halides is 3. The van der Waals surface area contributed by atoms with Gasteiger partial charge in [-0.3, -0.25) is 14.4 Å². The topological polar surface area (TPSA) is 68.6 Å². The van der Waals surface area contributed by atoms with E-state index in [2.05, 4.69) is 15.3 Å². The van der Waals surface area contributed by atoms with Crippen LogP contribution in [0.1, 0.15) is 28.2 Å². The molecule has 0 spiro atoms. The van der Waals surface area contributed by atoms with Crippen LogP contribution < -0.4 is 10.1 Å². The van der Waals surface area contributed by atoms with Crippen LogP contribution in [0, 0.1) is 0 Å². The van der Waals surface area contributed by atoms with E-state index in [0.29, 0.717) is 22.9 Å². The number of carbonyl (C=O) groups excluding carboxylic acids is 1. The Morgan fingerprint density at radius 3 is 2.68 bits per heavy atom. The van der Waals surface area contributed by atoms with Crippen LogP contribution in [0.4, 0.5) is 13.2 Å². The number of hydrogen-bond donors (Lipinski definition) is 1. The average Bonchev–Trinajstić information content (AvgIpc) is 3.13. The van der Waals surface area contributed by atoms with Gasteiger partial charge in [0.05, 0.1) is 24.8 Å². The van der Waals surface area contributed by atoms with E-state index in [1.54, 1.807) is 18.2 Å². The molecule has 1 amide bonds. The Morgan fingerprint density at radius 2 is 2.03 bits per heavy atom. The monoisotopic (exact) mass is 460 g/mol. The van der Waals surface area contributed by atoms with Gasteiger partial charge in [0, 0.05) is 39.3 Å². The number of hydrogen-bond acceptors (Lipinski definition) is 5. The summed E-state index contributed by atoms with van der Waals surface area (Å²) in [4.78, 5) is 14.5. The maximum Gasteiger partial charge on any atom is 0.435 e. The van der Waals surface area contributed by atoms with E-state index in [4.69, 9.17) is 21.1 Å². The molecule has 11 heteroatoms. The Hall–Kier alpha value is -2.30. The molecule has 1 aromatic heterocycles. The molecule has 0 aliphatic carbocycles. The van der Waals surface area contributed by atoms with Crippen molar-refractivity contribution in [2.45, 2.75) is 19.1 Å². The van der Waals surface area contributed by atoms with Gasteiger partial charge in [0.15, 0.2) is 5.69 Å². The van der Waals surface area contributed by atoms with Crippen LogP contribution in [0.25, 0.3) is 0 Å². The second-order valence-corrected chi connectivity index (χ2v) is 7.55. The smallest absolute Gasteiger partial charge is 0.435 e. The van der Waals surface area contributed by atoms with E-state index in [9.17, 15) is 18.0 Å². The molecule has 1 aromatic carbocycles. The number of amides is 1. The van der Waals surface area contributed by atoms with Gasteiger partial charge in [-0.25, -0.2) is 0 Å². The highest BCUT2D eigenvalue weighted by Gasteiger charge is 2.35. The number of rotatable bonds is 8. The predicted octanol–water partition coefficient (Wildman–Crippen LogP) is 3.12. The molecule has 1 saturated heterocycles. The van der Waals surface area contributed by atoms with Crippen molar-refractivity contribution in [3.63, 3.8) is 0 Å². The summed E-state index contributed by atoms with van der Waals surface area (Å²) in [7, 11) is 1.28. The lowest BCUT2D eigenvalue weighted by Gasteiger charge is -2.26. The fraction of sp³-hybridized carbons (Fsp3) is 0.500. The maximum atomic E-state index is 12.7. The highest BCUT2D eigenvalue weighted by Crippen LogP contribution is 2.28. The highest BCUT2D eigenvalue weighted by atomic mass is 35.5. The number of ether oxygens (including phenoxy) is 2. The van der Waals surface area contributed by atoms with Gasteiger partial charge in [-0.05, 0) is 24.1 Å². The molecule has 2 heterocycles. The van der Waals surface area contributed by atoms with Crippen molar-refractivity contribution in [1.29, 1.82) is 0 Å². The fourth-order valence-corrected chi connectivity index (χ4v) is 3.42. The summed E-state index contributed by atoms with van der Waals surface area (Å²) < 4.78 is 50.2.